The fourth-order valence-corrected chi connectivity index (χ4v) is 6.14. The monoisotopic (exact) mass is 665 g/mol. The molecule has 0 heterocycles. The van der Waals surface area contributed by atoms with Gasteiger partial charge in [0.15, 0.2) is 6.10 Å². The molecule has 0 radical (unpaired) electrons. The van der Waals surface area contributed by atoms with Crippen molar-refractivity contribution in [2.24, 2.45) is 0 Å². The zero-order chi connectivity index (χ0) is 34.3. The highest BCUT2D eigenvalue weighted by Crippen LogP contribution is 2.15. The number of aliphatic hydroxyl groups is 1. The van der Waals surface area contributed by atoms with Crippen molar-refractivity contribution in [3.8, 4) is 0 Å². The molecule has 0 aliphatic carbocycles. The maximum absolute atomic E-state index is 12.2. The lowest BCUT2D eigenvalue weighted by Gasteiger charge is -2.15. The minimum atomic E-state index is -0.768. The lowest BCUT2D eigenvalue weighted by atomic mass is 10.0. The van der Waals surface area contributed by atoms with Crippen LogP contribution in [-0.2, 0) is 19.1 Å². The van der Waals surface area contributed by atoms with E-state index >= 15 is 0 Å². The topological polar surface area (TPSA) is 72.8 Å². The summed E-state index contributed by atoms with van der Waals surface area (Å²) in [6.07, 6.45) is 44.2. The third kappa shape index (κ3) is 37.3. The van der Waals surface area contributed by atoms with E-state index in [1.54, 1.807) is 0 Å². The van der Waals surface area contributed by atoms with Crippen LogP contribution in [0.25, 0.3) is 0 Å². The molecule has 0 saturated carbocycles. The quantitative estimate of drug-likeness (QED) is 0.0404. The van der Waals surface area contributed by atoms with Crippen LogP contribution < -0.4 is 0 Å². The van der Waals surface area contributed by atoms with Crippen molar-refractivity contribution in [1.29, 1.82) is 0 Å². The predicted molar refractivity (Wildman–Crippen MR) is 201 cm³/mol. The van der Waals surface area contributed by atoms with Gasteiger partial charge in [-0.2, -0.15) is 0 Å². The summed E-state index contributed by atoms with van der Waals surface area (Å²) in [5, 5.41) is 9.56. The predicted octanol–water partition coefficient (Wildman–Crippen LogP) is 12.9. The second kappa shape index (κ2) is 39.1. The first-order valence-electron chi connectivity index (χ1n) is 20.7. The summed E-state index contributed by atoms with van der Waals surface area (Å²) in [4.78, 5) is 24.3. The second-order valence-corrected chi connectivity index (χ2v) is 14.1. The summed E-state index contributed by atoms with van der Waals surface area (Å²) in [6.45, 7) is 4.15. The Balaban J connectivity index is 3.51. The van der Waals surface area contributed by atoms with Crippen molar-refractivity contribution < 1.29 is 24.2 Å². The van der Waals surface area contributed by atoms with Crippen LogP contribution in [0.5, 0.6) is 0 Å². The van der Waals surface area contributed by atoms with Gasteiger partial charge >= 0.3 is 11.9 Å². The fraction of sp³-hybridized carbons (Fsp3) is 0.905. The van der Waals surface area contributed by atoms with Crippen LogP contribution in [0, 0.1) is 0 Å². The summed E-state index contributed by atoms with van der Waals surface area (Å²) in [5.74, 6) is -0.588. The number of carbonyl (C=O) groups is 2. The molecule has 0 aliphatic rings. The molecule has 1 atom stereocenters. The van der Waals surface area contributed by atoms with E-state index in [2.05, 4.69) is 26.0 Å². The number of allylic oxidation sites excluding steroid dienone is 2. The number of esters is 2. The van der Waals surface area contributed by atoms with Crippen LogP contribution in [0.15, 0.2) is 12.2 Å². The minimum Gasteiger partial charge on any atom is -0.462 e. The van der Waals surface area contributed by atoms with E-state index in [1.807, 2.05) is 0 Å². The van der Waals surface area contributed by atoms with Crippen molar-refractivity contribution in [2.45, 2.75) is 232 Å². The molecule has 0 bridgehead atoms. The van der Waals surface area contributed by atoms with Gasteiger partial charge in [0.05, 0.1) is 6.61 Å². The summed E-state index contributed by atoms with van der Waals surface area (Å²) in [5.41, 5.74) is 0. The first-order valence-corrected chi connectivity index (χ1v) is 20.7. The zero-order valence-corrected chi connectivity index (χ0v) is 31.6. The standard InChI is InChI=1S/C42H80O5/c1-3-5-7-9-11-13-15-17-19-21-23-25-27-29-31-33-35-37-42(45)47-40(38-43)39-46-41(44)36-34-32-30-28-26-24-22-20-18-16-14-12-10-8-6-4-2/h20,22,40,43H,3-19,21,23-39H2,1-2H3/b22-20-/t40-/m0/s1. The summed E-state index contributed by atoms with van der Waals surface area (Å²) < 4.78 is 10.6. The SMILES string of the molecule is CCCCCCCCC/C=C\CCCCCCCC(=O)OC[C@H](CO)OC(=O)CCCCCCCCCCCCCCCCCCC. The summed E-state index contributed by atoms with van der Waals surface area (Å²) in [6, 6.07) is 0. The fourth-order valence-electron chi connectivity index (χ4n) is 6.14. The normalized spacial score (nSPS) is 12.1. The Hall–Kier alpha value is -1.36. The molecule has 1 N–H and O–H groups in total. The molecule has 5 nitrogen and oxygen atoms in total. The zero-order valence-electron chi connectivity index (χ0n) is 31.6. The van der Waals surface area contributed by atoms with E-state index in [1.165, 1.54) is 154 Å². The molecule has 0 fully saturated rings. The average Bonchev–Trinajstić information content (AvgIpc) is 3.07. The van der Waals surface area contributed by atoms with Gasteiger partial charge in [0.1, 0.15) is 6.61 Å². The van der Waals surface area contributed by atoms with E-state index in [0.29, 0.717) is 12.8 Å². The van der Waals surface area contributed by atoms with Crippen LogP contribution in [0.1, 0.15) is 226 Å². The smallest absolute Gasteiger partial charge is 0.306 e. The van der Waals surface area contributed by atoms with Crippen LogP contribution in [0.3, 0.4) is 0 Å². The number of rotatable bonds is 38. The molecule has 0 spiro atoms. The maximum atomic E-state index is 12.2. The van der Waals surface area contributed by atoms with Gasteiger partial charge in [-0.15, -0.1) is 0 Å². The largest absolute Gasteiger partial charge is 0.462 e. The molecule has 0 aromatic carbocycles. The Bertz CT molecular complexity index is 676. The van der Waals surface area contributed by atoms with Gasteiger partial charge in [0.25, 0.3) is 0 Å². The number of aliphatic hydroxyl groups excluding tert-OH is 1. The maximum Gasteiger partial charge on any atom is 0.306 e. The Labute approximate surface area is 292 Å². The highest BCUT2D eigenvalue weighted by Gasteiger charge is 2.16. The molecule has 278 valence electrons. The summed E-state index contributed by atoms with van der Waals surface area (Å²) >= 11 is 0. The summed E-state index contributed by atoms with van der Waals surface area (Å²) in [7, 11) is 0. The Morgan fingerprint density at radius 2 is 0.787 bits per heavy atom. The molecule has 0 unspecified atom stereocenters. The molecule has 5 heteroatoms. The van der Waals surface area contributed by atoms with Crippen molar-refractivity contribution >= 4 is 11.9 Å². The van der Waals surface area contributed by atoms with Crippen LogP contribution in [0.4, 0.5) is 0 Å². The molecule has 0 aliphatic heterocycles. The first-order chi connectivity index (χ1) is 23.1. The molecule has 0 amide bonds. The van der Waals surface area contributed by atoms with E-state index in [0.717, 1.165) is 44.9 Å². The van der Waals surface area contributed by atoms with Gasteiger partial charge in [0, 0.05) is 12.8 Å². The van der Waals surface area contributed by atoms with Gasteiger partial charge < -0.3 is 14.6 Å². The molecule has 0 rings (SSSR count). The van der Waals surface area contributed by atoms with Crippen molar-refractivity contribution in [3.05, 3.63) is 12.2 Å². The third-order valence-electron chi connectivity index (χ3n) is 9.31. The molecular formula is C42H80O5. The lowest BCUT2D eigenvalue weighted by Crippen LogP contribution is -2.28. The number of ether oxygens (including phenoxy) is 2. The number of unbranched alkanes of at least 4 members (excludes halogenated alkanes) is 28. The van der Waals surface area contributed by atoms with Gasteiger partial charge in [-0.05, 0) is 38.5 Å². The molecule has 47 heavy (non-hydrogen) atoms. The lowest BCUT2D eigenvalue weighted by molar-refractivity contribution is -0.161. The van der Waals surface area contributed by atoms with Crippen LogP contribution in [-0.4, -0.2) is 36.4 Å². The highest BCUT2D eigenvalue weighted by atomic mass is 16.6. The van der Waals surface area contributed by atoms with Crippen LogP contribution in [0.2, 0.25) is 0 Å². The highest BCUT2D eigenvalue weighted by molar-refractivity contribution is 5.70. The Morgan fingerprint density at radius 1 is 0.468 bits per heavy atom. The van der Waals surface area contributed by atoms with Gasteiger partial charge in [-0.3, -0.25) is 9.59 Å². The average molecular weight is 665 g/mol. The number of hydrogen-bond donors (Lipinski definition) is 1. The molecular weight excluding hydrogens is 584 g/mol. The Kier molecular flexibility index (Phi) is 38.0. The van der Waals surface area contributed by atoms with E-state index < -0.39 is 6.10 Å². The van der Waals surface area contributed by atoms with Crippen molar-refractivity contribution in [2.75, 3.05) is 13.2 Å². The van der Waals surface area contributed by atoms with Gasteiger partial charge in [-0.25, -0.2) is 0 Å². The van der Waals surface area contributed by atoms with Gasteiger partial charge in [-0.1, -0.05) is 187 Å². The van der Waals surface area contributed by atoms with Crippen LogP contribution >= 0.6 is 0 Å². The van der Waals surface area contributed by atoms with Crippen molar-refractivity contribution in [3.63, 3.8) is 0 Å². The molecule has 0 saturated heterocycles. The van der Waals surface area contributed by atoms with E-state index in [9.17, 15) is 14.7 Å². The van der Waals surface area contributed by atoms with Crippen molar-refractivity contribution in [1.82, 2.24) is 0 Å². The van der Waals surface area contributed by atoms with Gasteiger partial charge in [0.2, 0.25) is 0 Å². The molecule has 0 aromatic heterocycles. The van der Waals surface area contributed by atoms with E-state index in [-0.39, 0.29) is 25.2 Å². The third-order valence-corrected chi connectivity index (χ3v) is 9.31. The molecule has 0 aromatic rings. The second-order valence-electron chi connectivity index (χ2n) is 14.1. The Morgan fingerprint density at radius 3 is 1.15 bits per heavy atom. The van der Waals surface area contributed by atoms with E-state index in [4.69, 9.17) is 9.47 Å². The number of carbonyl (C=O) groups excluding carboxylic acids is 2. The number of hydrogen-bond acceptors (Lipinski definition) is 5. The first kappa shape index (κ1) is 45.6. The minimum absolute atomic E-state index is 0.0642.